The van der Waals surface area contributed by atoms with E-state index in [-0.39, 0.29) is 12.0 Å². The lowest BCUT2D eigenvalue weighted by atomic mass is 10.2. The summed E-state index contributed by atoms with van der Waals surface area (Å²) in [5.41, 5.74) is 1.04. The molecule has 1 fully saturated rings. The minimum atomic E-state index is -0.375. The molecule has 1 unspecified atom stereocenters. The molecule has 0 aromatic heterocycles. The molecule has 1 aromatic rings. The Balaban J connectivity index is 1.81. The zero-order valence-electron chi connectivity index (χ0n) is 11.6. The van der Waals surface area contributed by atoms with Gasteiger partial charge in [0.25, 0.3) is 5.91 Å². The summed E-state index contributed by atoms with van der Waals surface area (Å²) in [6.07, 6.45) is 1.84. The van der Waals surface area contributed by atoms with Gasteiger partial charge in [-0.2, -0.15) is 0 Å². The van der Waals surface area contributed by atoms with Crippen molar-refractivity contribution in [2.75, 3.05) is 20.2 Å². The summed E-state index contributed by atoms with van der Waals surface area (Å²) < 4.78 is 10.7. The minimum Gasteiger partial charge on any atom is -0.497 e. The summed E-state index contributed by atoms with van der Waals surface area (Å²) in [5.74, 6) is 0.927. The van der Waals surface area contributed by atoms with Gasteiger partial charge in [0.1, 0.15) is 11.9 Å². The average Bonchev–Trinajstić information content (AvgIpc) is 2.98. The number of amides is 1. The van der Waals surface area contributed by atoms with Crippen molar-refractivity contribution in [3.63, 3.8) is 0 Å². The molecule has 104 valence electrons. The van der Waals surface area contributed by atoms with E-state index in [0.29, 0.717) is 6.61 Å². The van der Waals surface area contributed by atoms with E-state index in [4.69, 9.17) is 9.47 Å². The van der Waals surface area contributed by atoms with E-state index in [1.54, 1.807) is 7.11 Å². The van der Waals surface area contributed by atoms with Crippen molar-refractivity contribution < 1.29 is 14.3 Å². The Kier molecular flexibility index (Phi) is 4.80. The number of carbonyl (C=O) groups is 1. The summed E-state index contributed by atoms with van der Waals surface area (Å²) in [5, 5.41) is 0. The number of likely N-dealkylation sites (tertiary alicyclic amines) is 1. The van der Waals surface area contributed by atoms with Gasteiger partial charge < -0.3 is 14.4 Å². The summed E-state index contributed by atoms with van der Waals surface area (Å²) in [6.45, 7) is 4.01. The van der Waals surface area contributed by atoms with Gasteiger partial charge in [0.15, 0.2) is 0 Å². The van der Waals surface area contributed by atoms with Crippen molar-refractivity contribution >= 4 is 5.91 Å². The maximum absolute atomic E-state index is 12.0. The molecule has 19 heavy (non-hydrogen) atoms. The fourth-order valence-corrected chi connectivity index (χ4v) is 2.21. The van der Waals surface area contributed by atoms with Crippen LogP contribution in [0.2, 0.25) is 0 Å². The highest BCUT2D eigenvalue weighted by Crippen LogP contribution is 2.14. The highest BCUT2D eigenvalue weighted by molar-refractivity contribution is 5.80. The van der Waals surface area contributed by atoms with Crippen LogP contribution >= 0.6 is 0 Å². The van der Waals surface area contributed by atoms with Gasteiger partial charge in [0.05, 0.1) is 13.7 Å². The number of benzene rings is 1. The normalized spacial score (nSPS) is 16.4. The smallest absolute Gasteiger partial charge is 0.251 e. The summed E-state index contributed by atoms with van der Waals surface area (Å²) in [4.78, 5) is 13.9. The molecule has 4 heteroatoms. The van der Waals surface area contributed by atoms with E-state index >= 15 is 0 Å². The van der Waals surface area contributed by atoms with E-state index < -0.39 is 0 Å². The third-order valence-electron chi connectivity index (χ3n) is 3.42. The molecule has 0 radical (unpaired) electrons. The van der Waals surface area contributed by atoms with Crippen molar-refractivity contribution in [3.05, 3.63) is 29.8 Å². The molecule has 0 aliphatic carbocycles. The molecule has 1 amide bonds. The molecule has 1 atom stereocenters. The van der Waals surface area contributed by atoms with Crippen LogP contribution in [0.3, 0.4) is 0 Å². The average molecular weight is 263 g/mol. The topological polar surface area (TPSA) is 38.8 Å². The van der Waals surface area contributed by atoms with Gasteiger partial charge in [-0.1, -0.05) is 12.1 Å². The number of rotatable bonds is 5. The predicted molar refractivity (Wildman–Crippen MR) is 73.1 cm³/mol. The maximum Gasteiger partial charge on any atom is 0.251 e. The van der Waals surface area contributed by atoms with E-state index in [2.05, 4.69) is 0 Å². The fraction of sp³-hybridized carbons (Fsp3) is 0.533. The number of hydrogen-bond donors (Lipinski definition) is 0. The standard InChI is InChI=1S/C15H21NO3/c1-12(15(17)16-9-3-4-10-16)19-11-13-5-7-14(18-2)8-6-13/h5-8,12H,3-4,9-11H2,1-2H3. The lowest BCUT2D eigenvalue weighted by molar-refractivity contribution is -0.142. The Labute approximate surface area is 114 Å². The summed E-state index contributed by atoms with van der Waals surface area (Å²) >= 11 is 0. The van der Waals surface area contributed by atoms with Gasteiger partial charge in [0, 0.05) is 13.1 Å². The molecule has 1 aliphatic heterocycles. The van der Waals surface area contributed by atoms with Gasteiger partial charge in [-0.05, 0) is 37.5 Å². The number of ether oxygens (including phenoxy) is 2. The number of carbonyl (C=O) groups excluding carboxylic acids is 1. The van der Waals surface area contributed by atoms with Crippen LogP contribution in [0.4, 0.5) is 0 Å². The molecule has 1 heterocycles. The molecule has 0 bridgehead atoms. The van der Waals surface area contributed by atoms with E-state index in [9.17, 15) is 4.79 Å². The van der Waals surface area contributed by atoms with E-state index in [1.165, 1.54) is 0 Å². The highest BCUT2D eigenvalue weighted by atomic mass is 16.5. The van der Waals surface area contributed by atoms with Crippen LogP contribution in [0.5, 0.6) is 5.75 Å². The Hall–Kier alpha value is -1.55. The van der Waals surface area contributed by atoms with Crippen LogP contribution in [-0.2, 0) is 16.1 Å². The van der Waals surface area contributed by atoms with Gasteiger partial charge in [-0.3, -0.25) is 4.79 Å². The Morgan fingerprint density at radius 2 is 1.89 bits per heavy atom. The number of nitrogens with zero attached hydrogens (tertiary/aromatic N) is 1. The minimum absolute atomic E-state index is 0.103. The molecule has 2 rings (SSSR count). The van der Waals surface area contributed by atoms with Crippen molar-refractivity contribution in [2.24, 2.45) is 0 Å². The third-order valence-corrected chi connectivity index (χ3v) is 3.42. The third kappa shape index (κ3) is 3.70. The quantitative estimate of drug-likeness (QED) is 0.817. The molecule has 0 spiro atoms. The zero-order chi connectivity index (χ0) is 13.7. The lowest BCUT2D eigenvalue weighted by Gasteiger charge is -2.20. The highest BCUT2D eigenvalue weighted by Gasteiger charge is 2.23. The second-order valence-electron chi connectivity index (χ2n) is 4.83. The molecular weight excluding hydrogens is 242 g/mol. The van der Waals surface area contributed by atoms with Crippen molar-refractivity contribution in [1.29, 1.82) is 0 Å². The molecule has 0 N–H and O–H groups in total. The predicted octanol–water partition coefficient (Wildman–Crippen LogP) is 2.22. The molecule has 1 aromatic carbocycles. The second kappa shape index (κ2) is 6.57. The van der Waals surface area contributed by atoms with Crippen LogP contribution < -0.4 is 4.74 Å². The summed E-state index contributed by atoms with van der Waals surface area (Å²) in [7, 11) is 1.64. The van der Waals surface area contributed by atoms with Crippen LogP contribution in [0.1, 0.15) is 25.3 Å². The maximum atomic E-state index is 12.0. The SMILES string of the molecule is COc1ccc(COC(C)C(=O)N2CCCC2)cc1. The monoisotopic (exact) mass is 263 g/mol. The van der Waals surface area contributed by atoms with Crippen LogP contribution in [0.25, 0.3) is 0 Å². The van der Waals surface area contributed by atoms with Crippen molar-refractivity contribution in [1.82, 2.24) is 4.90 Å². The Morgan fingerprint density at radius 1 is 1.26 bits per heavy atom. The Morgan fingerprint density at radius 3 is 2.47 bits per heavy atom. The molecule has 1 saturated heterocycles. The fourth-order valence-electron chi connectivity index (χ4n) is 2.21. The largest absolute Gasteiger partial charge is 0.497 e. The summed E-state index contributed by atoms with van der Waals surface area (Å²) in [6, 6.07) is 7.69. The van der Waals surface area contributed by atoms with Crippen molar-refractivity contribution in [2.45, 2.75) is 32.5 Å². The van der Waals surface area contributed by atoms with Gasteiger partial charge in [-0.15, -0.1) is 0 Å². The number of hydrogen-bond acceptors (Lipinski definition) is 3. The molecule has 4 nitrogen and oxygen atoms in total. The molecule has 1 aliphatic rings. The van der Waals surface area contributed by atoms with E-state index in [0.717, 1.165) is 37.2 Å². The Bertz CT molecular complexity index is 410. The van der Waals surface area contributed by atoms with Crippen LogP contribution in [-0.4, -0.2) is 37.1 Å². The molecular formula is C15H21NO3. The second-order valence-corrected chi connectivity index (χ2v) is 4.83. The first-order valence-corrected chi connectivity index (χ1v) is 6.74. The van der Waals surface area contributed by atoms with Crippen LogP contribution in [0, 0.1) is 0 Å². The zero-order valence-corrected chi connectivity index (χ0v) is 11.6. The van der Waals surface area contributed by atoms with Gasteiger partial charge >= 0.3 is 0 Å². The van der Waals surface area contributed by atoms with Gasteiger partial charge in [0.2, 0.25) is 0 Å². The lowest BCUT2D eigenvalue weighted by Crippen LogP contribution is -2.36. The first-order valence-electron chi connectivity index (χ1n) is 6.74. The van der Waals surface area contributed by atoms with Crippen LogP contribution in [0.15, 0.2) is 24.3 Å². The molecule has 0 saturated carbocycles. The first-order chi connectivity index (χ1) is 9.20. The van der Waals surface area contributed by atoms with E-state index in [1.807, 2.05) is 36.1 Å². The van der Waals surface area contributed by atoms with Crippen molar-refractivity contribution in [3.8, 4) is 5.75 Å². The number of methoxy groups -OCH3 is 1. The first kappa shape index (κ1) is 13.9. The van der Waals surface area contributed by atoms with Gasteiger partial charge in [-0.25, -0.2) is 0 Å².